The number of benzene rings is 2. The minimum Gasteiger partial charge on any atom is -0.460 e. The second kappa shape index (κ2) is 5.49. The fraction of sp³-hybridized carbons (Fsp3) is 0.250. The first kappa shape index (κ1) is 15.5. The maximum atomic E-state index is 12.7. The molecule has 4 rings (SSSR count). The summed E-state index contributed by atoms with van der Waals surface area (Å²) in [6.45, 7) is 4.13. The van der Waals surface area contributed by atoms with E-state index in [9.17, 15) is 4.79 Å². The van der Waals surface area contributed by atoms with E-state index in [1.807, 2.05) is 31.3 Å². The zero-order valence-corrected chi connectivity index (χ0v) is 15.5. The molecule has 1 atom stereocenters. The summed E-state index contributed by atoms with van der Waals surface area (Å²) in [4.78, 5) is 14.5. The van der Waals surface area contributed by atoms with Gasteiger partial charge in [0.1, 0.15) is 11.3 Å². The summed E-state index contributed by atoms with van der Waals surface area (Å²) in [5.41, 5.74) is 5.23. The van der Waals surface area contributed by atoms with Crippen LogP contribution in [0.1, 0.15) is 28.4 Å². The number of para-hydroxylation sites is 1. The van der Waals surface area contributed by atoms with Crippen LogP contribution in [0.2, 0.25) is 0 Å². The van der Waals surface area contributed by atoms with Crippen molar-refractivity contribution in [2.75, 3.05) is 11.9 Å². The molecule has 1 amide bonds. The van der Waals surface area contributed by atoms with E-state index in [2.05, 4.69) is 41.9 Å². The molecule has 0 bridgehead atoms. The second-order valence-corrected chi connectivity index (χ2v) is 7.37. The van der Waals surface area contributed by atoms with Gasteiger partial charge in [-0.1, -0.05) is 34.1 Å². The van der Waals surface area contributed by atoms with Gasteiger partial charge >= 0.3 is 0 Å². The number of aryl methyl sites for hydroxylation is 2. The zero-order valence-electron chi connectivity index (χ0n) is 13.9. The van der Waals surface area contributed by atoms with E-state index in [1.165, 1.54) is 0 Å². The number of rotatable bonds is 2. The minimum absolute atomic E-state index is 0.125. The van der Waals surface area contributed by atoms with E-state index in [4.69, 9.17) is 4.42 Å². The Bertz CT molecular complexity index is 973. The van der Waals surface area contributed by atoms with Crippen molar-refractivity contribution >= 4 is 38.5 Å². The van der Waals surface area contributed by atoms with Crippen LogP contribution in [0.3, 0.4) is 0 Å². The summed E-state index contributed by atoms with van der Waals surface area (Å²) in [7, 11) is 1.84. The quantitative estimate of drug-likeness (QED) is 0.615. The smallest absolute Gasteiger partial charge is 0.234 e. The highest BCUT2D eigenvalue weighted by Crippen LogP contribution is 2.41. The van der Waals surface area contributed by atoms with Crippen molar-refractivity contribution in [2.24, 2.45) is 0 Å². The molecule has 0 unspecified atom stereocenters. The molecule has 3 nitrogen and oxygen atoms in total. The largest absolute Gasteiger partial charge is 0.460 e. The van der Waals surface area contributed by atoms with Gasteiger partial charge in [-0.3, -0.25) is 4.79 Å². The number of fused-ring (bicyclic) bond motifs is 2. The van der Waals surface area contributed by atoms with Crippen LogP contribution in [-0.4, -0.2) is 13.0 Å². The molecule has 0 saturated carbocycles. The maximum Gasteiger partial charge on any atom is 0.234 e. The van der Waals surface area contributed by atoms with Gasteiger partial charge in [0.25, 0.3) is 0 Å². The Morgan fingerprint density at radius 3 is 2.75 bits per heavy atom. The molecule has 2 heterocycles. The number of hydrogen-bond donors (Lipinski definition) is 0. The topological polar surface area (TPSA) is 33.5 Å². The Morgan fingerprint density at radius 1 is 1.21 bits per heavy atom. The molecular formula is C20H18BrNO2. The third-order valence-corrected chi connectivity index (χ3v) is 5.50. The number of anilines is 1. The van der Waals surface area contributed by atoms with Crippen LogP contribution in [0.5, 0.6) is 0 Å². The predicted molar refractivity (Wildman–Crippen MR) is 99.7 cm³/mol. The molecule has 0 aliphatic carbocycles. The minimum atomic E-state index is -0.193. The number of furan rings is 1. The number of carbonyl (C=O) groups is 1. The van der Waals surface area contributed by atoms with Gasteiger partial charge in [-0.25, -0.2) is 0 Å². The number of nitrogens with zero attached hydrogens (tertiary/aromatic N) is 1. The highest BCUT2D eigenvalue weighted by Gasteiger charge is 2.36. The lowest BCUT2D eigenvalue weighted by Crippen LogP contribution is -2.24. The molecule has 0 saturated heterocycles. The van der Waals surface area contributed by atoms with E-state index in [1.54, 1.807) is 4.90 Å². The van der Waals surface area contributed by atoms with Crippen molar-refractivity contribution in [3.63, 3.8) is 0 Å². The molecule has 24 heavy (non-hydrogen) atoms. The first-order valence-corrected chi connectivity index (χ1v) is 8.81. The first-order valence-electron chi connectivity index (χ1n) is 8.02. The third-order valence-electron chi connectivity index (χ3n) is 5.00. The molecule has 122 valence electrons. The normalized spacial score (nSPS) is 16.9. The van der Waals surface area contributed by atoms with Crippen molar-refractivity contribution in [1.82, 2.24) is 0 Å². The molecule has 0 N–H and O–H groups in total. The van der Waals surface area contributed by atoms with Crippen molar-refractivity contribution in [3.8, 4) is 0 Å². The van der Waals surface area contributed by atoms with Gasteiger partial charge in [-0.15, -0.1) is 0 Å². The molecule has 3 aromatic rings. The van der Waals surface area contributed by atoms with Gasteiger partial charge < -0.3 is 9.32 Å². The number of hydrogen-bond acceptors (Lipinski definition) is 2. The highest BCUT2D eigenvalue weighted by atomic mass is 79.9. The monoisotopic (exact) mass is 383 g/mol. The number of halogens is 1. The lowest BCUT2D eigenvalue weighted by molar-refractivity contribution is -0.119. The summed E-state index contributed by atoms with van der Waals surface area (Å²) in [5, 5.41) is 1.14. The molecule has 0 radical (unpaired) electrons. The molecule has 1 aliphatic heterocycles. The number of likely N-dealkylation sites (N-methyl/N-ethyl adjacent to an activating group) is 1. The summed E-state index contributed by atoms with van der Waals surface area (Å²) < 4.78 is 7.13. The van der Waals surface area contributed by atoms with Crippen LogP contribution in [0.25, 0.3) is 11.0 Å². The standard InChI is InChI=1S/C20H18BrNO2/c1-11-5-4-6-14-12(2)18(24-19(11)14)10-16-15-9-13(21)7-8-17(15)22(3)20(16)23/h4-9,16H,10H2,1-3H3/t16-/m1/s1. The molecule has 4 heteroatoms. The number of carbonyl (C=O) groups excluding carboxylic acids is 1. The molecule has 0 spiro atoms. The van der Waals surface area contributed by atoms with E-state index in [-0.39, 0.29) is 11.8 Å². The third kappa shape index (κ3) is 2.20. The number of amides is 1. The van der Waals surface area contributed by atoms with Gasteiger partial charge in [0.05, 0.1) is 5.92 Å². The maximum absolute atomic E-state index is 12.7. The van der Waals surface area contributed by atoms with Crippen LogP contribution in [-0.2, 0) is 11.2 Å². The summed E-state index contributed by atoms with van der Waals surface area (Å²) in [6.07, 6.45) is 0.590. The fourth-order valence-electron chi connectivity index (χ4n) is 3.61. The van der Waals surface area contributed by atoms with Crippen LogP contribution in [0.4, 0.5) is 5.69 Å². The van der Waals surface area contributed by atoms with E-state index in [0.29, 0.717) is 6.42 Å². The van der Waals surface area contributed by atoms with Crippen molar-refractivity contribution < 1.29 is 9.21 Å². The van der Waals surface area contributed by atoms with E-state index in [0.717, 1.165) is 43.6 Å². The van der Waals surface area contributed by atoms with Crippen LogP contribution in [0, 0.1) is 13.8 Å². The van der Waals surface area contributed by atoms with Crippen molar-refractivity contribution in [2.45, 2.75) is 26.2 Å². The van der Waals surface area contributed by atoms with Crippen LogP contribution in [0.15, 0.2) is 45.3 Å². The van der Waals surface area contributed by atoms with Crippen LogP contribution < -0.4 is 4.90 Å². The lowest BCUT2D eigenvalue weighted by atomic mass is 9.94. The first-order chi connectivity index (χ1) is 11.5. The van der Waals surface area contributed by atoms with Gasteiger partial charge in [-0.2, -0.15) is 0 Å². The Labute approximate surface area is 149 Å². The summed E-state index contributed by atoms with van der Waals surface area (Å²) in [5.74, 6) is 0.834. The van der Waals surface area contributed by atoms with Gasteiger partial charge in [0, 0.05) is 29.0 Å². The molecular weight excluding hydrogens is 366 g/mol. The lowest BCUT2D eigenvalue weighted by Gasteiger charge is -2.10. The Morgan fingerprint density at radius 2 is 2.00 bits per heavy atom. The van der Waals surface area contributed by atoms with Crippen molar-refractivity contribution in [3.05, 3.63) is 63.3 Å². The average Bonchev–Trinajstić information content (AvgIpc) is 2.99. The summed E-state index contributed by atoms with van der Waals surface area (Å²) in [6, 6.07) is 12.2. The summed E-state index contributed by atoms with van der Waals surface area (Å²) >= 11 is 3.52. The van der Waals surface area contributed by atoms with Crippen molar-refractivity contribution in [1.29, 1.82) is 0 Å². The highest BCUT2D eigenvalue weighted by molar-refractivity contribution is 9.10. The van der Waals surface area contributed by atoms with Gasteiger partial charge in [-0.05, 0) is 48.7 Å². The Kier molecular flexibility index (Phi) is 3.53. The van der Waals surface area contributed by atoms with Gasteiger partial charge in [0.2, 0.25) is 5.91 Å². The van der Waals surface area contributed by atoms with E-state index < -0.39 is 0 Å². The SMILES string of the molecule is Cc1c(C[C@H]2C(=O)N(C)c3ccc(Br)cc32)oc2c(C)cccc12. The van der Waals surface area contributed by atoms with E-state index >= 15 is 0 Å². The molecule has 0 fully saturated rings. The fourth-order valence-corrected chi connectivity index (χ4v) is 3.98. The molecule has 1 aliphatic rings. The molecule has 1 aromatic heterocycles. The molecule has 2 aromatic carbocycles. The Hall–Kier alpha value is -2.07. The zero-order chi connectivity index (χ0) is 17.0. The Balaban J connectivity index is 1.79. The predicted octanol–water partition coefficient (Wildman–Crippen LogP) is 5.11. The van der Waals surface area contributed by atoms with Gasteiger partial charge in [0.15, 0.2) is 0 Å². The van der Waals surface area contributed by atoms with Crippen LogP contribution >= 0.6 is 15.9 Å². The second-order valence-electron chi connectivity index (χ2n) is 6.46. The average molecular weight is 384 g/mol.